The Labute approximate surface area is 778 Å². The minimum absolute atomic E-state index is 0. The Hall–Kier alpha value is -9.90. The van der Waals surface area contributed by atoms with Gasteiger partial charge in [0.2, 0.25) is 29.5 Å². The van der Waals surface area contributed by atoms with Crippen molar-refractivity contribution in [2.45, 2.75) is 251 Å². The number of Topliss-reactive ketones (excluding diaryl/α,β-unsaturated/α-hetero) is 6. The molecule has 748 valence electrons. The van der Waals surface area contributed by atoms with Crippen LogP contribution in [0.15, 0.2) is 61.1 Å². The lowest BCUT2D eigenvalue weighted by Crippen LogP contribution is -2.42. The molecule has 12 N–H and O–H groups in total. The van der Waals surface area contributed by atoms with Crippen molar-refractivity contribution >= 4 is 88.1 Å². The van der Waals surface area contributed by atoms with E-state index < -0.39 is 53.8 Å². The molecule has 0 aliphatic rings. The predicted molar refractivity (Wildman–Crippen MR) is 490 cm³/mol. The third-order valence-electron chi connectivity index (χ3n) is 20.8. The average Bonchev–Trinajstić information content (AvgIpc) is 1.43. The molecule has 0 saturated heterocycles. The number of ether oxygens (including phenoxy) is 10. The minimum atomic E-state index is -1.21. The van der Waals surface area contributed by atoms with Gasteiger partial charge in [0.25, 0.3) is 0 Å². The van der Waals surface area contributed by atoms with Gasteiger partial charge < -0.3 is 110 Å². The lowest BCUT2D eigenvalue weighted by Gasteiger charge is -2.17. The van der Waals surface area contributed by atoms with E-state index in [2.05, 4.69) is 41.9 Å². The molecule has 0 bridgehead atoms. The Bertz CT molecular complexity index is 3740. The van der Waals surface area contributed by atoms with Gasteiger partial charge in [0, 0.05) is 111 Å². The predicted octanol–water partition coefficient (Wildman–Crippen LogP) is 8.75. The first kappa shape index (κ1) is 118. The molecule has 3 aromatic rings. The Balaban J connectivity index is 0.00000263. The number of H-pyrrole nitrogens is 1. The average molecular weight is 1870 g/mol. The van der Waals surface area contributed by atoms with E-state index >= 15 is 0 Å². The number of aliphatic hydroxyl groups is 1. The Morgan fingerprint density at radius 2 is 0.818 bits per heavy atom. The van der Waals surface area contributed by atoms with Crippen molar-refractivity contribution in [3.8, 4) is 11.5 Å². The summed E-state index contributed by atoms with van der Waals surface area (Å²) in [6.45, 7) is 9.93. The summed E-state index contributed by atoms with van der Waals surface area (Å²) >= 11 is 0. The van der Waals surface area contributed by atoms with E-state index in [0.717, 1.165) is 103 Å². The first-order valence-corrected chi connectivity index (χ1v) is 46.5. The Kier molecular flexibility index (Phi) is 70.3. The van der Waals surface area contributed by atoms with Gasteiger partial charge in [0.15, 0.2) is 11.6 Å². The fourth-order valence-corrected chi connectivity index (χ4v) is 13.1. The lowest BCUT2D eigenvalue weighted by atomic mass is 9.94. The number of imidazole rings is 1. The maximum Gasteiger partial charge on any atom is 0.335 e. The van der Waals surface area contributed by atoms with Crippen molar-refractivity contribution < 1.29 is 148 Å². The van der Waals surface area contributed by atoms with Crippen LogP contribution in [-0.4, -0.2) is 293 Å². The summed E-state index contributed by atoms with van der Waals surface area (Å²) in [5, 5.41) is 63.5. The summed E-state index contributed by atoms with van der Waals surface area (Å²) in [4.78, 5) is 185. The van der Waals surface area contributed by atoms with Crippen molar-refractivity contribution in [3.63, 3.8) is 0 Å². The van der Waals surface area contributed by atoms with E-state index in [1.54, 1.807) is 31.2 Å². The maximum atomic E-state index is 12.5. The number of carboxylic acids is 4. The number of nitrogens with zero attached hydrogens (tertiary/aromatic N) is 1. The van der Waals surface area contributed by atoms with E-state index in [1.807, 2.05) is 6.92 Å². The number of carbonyl (C=O) groups excluding carboxylic acids is 11. The zero-order valence-corrected chi connectivity index (χ0v) is 77.6. The van der Waals surface area contributed by atoms with Crippen molar-refractivity contribution in [1.29, 1.82) is 0 Å². The SMILES string of the molecule is CC(=O)[C@H](CCCCNC(=O)COCCOCCCC(=O)COCCOCCNC(=O)CC[C@H](CC(=O)CCCCCCCCCOc1ccc(C(=O)O)cc1)C(=O)O)NCC(=O)[C@@H](O)Cc1cnc[nH]1.CC[C@@H](CCCCNC(=O)COCCOCCNC(=O)COCCOCCCC(=O)CC[C@H](NC(=O)CCCCCCCCCOc1ccc(C(=O)O)cc1)C(=O)O)C(C)=O.[HH].[HH]. The summed E-state index contributed by atoms with van der Waals surface area (Å²) in [5.41, 5.74) is 1.07. The topological polar surface area (TPSA) is 550 Å². The molecule has 5 atom stereocenters. The monoisotopic (exact) mass is 1870 g/mol. The van der Waals surface area contributed by atoms with Crippen LogP contribution >= 0.6 is 0 Å². The van der Waals surface area contributed by atoms with E-state index in [0.29, 0.717) is 108 Å². The van der Waals surface area contributed by atoms with Crippen LogP contribution in [0.4, 0.5) is 0 Å². The number of carboxylic acid groups (broad SMARTS) is 4. The van der Waals surface area contributed by atoms with Crippen LogP contribution in [0.2, 0.25) is 0 Å². The summed E-state index contributed by atoms with van der Waals surface area (Å²) in [6.07, 6.45) is 21.8. The van der Waals surface area contributed by atoms with E-state index in [-0.39, 0.29) is 248 Å². The van der Waals surface area contributed by atoms with E-state index in [1.165, 1.54) is 43.7 Å². The standard InChI is InChI=1S/C50H77N5O16.C44H71N3O14.2H2/c1-37(56)44(54-33-46(60)45(59)31-40-32-51-36-55-40)14-8-9-21-52-48(62)35-70-29-26-67-23-11-13-42(58)34-69-28-27-68-25-22-53-47(61)20-17-39(50(65)66)30-41(57)12-7-5-3-2-4-6-10-24-71-43-18-15-38(16-19-43)49(63)64;1-3-35(34(2)48)14-10-11-23-45-41(51)32-60-31-29-58-27-24-46-42(52)33-59-30-28-57-25-13-15-37(49)19-22-39(44(55)56)47-40(50)16-9-7-5-4-6-8-12-26-61-38-20-17-36(18-21-38)43(53)54;;/h15-16,18-19,32,36,39,44-45,54,59H,2-14,17,20-31,33-35H2,1H3,(H,51,55)(H,52,62)(H,53,61)(H,63,64)(H,65,66);17-18,20-21,35,39H,3-16,19,22-33H2,1-2H3,(H,45,51)(H,46,52)(H,47,50)(H,53,54)(H,55,56);2*1H/t39-,44+,45+;35-,39-;;/m10../s1. The fraction of sp³-hybridized carbons (Fsp3) is 0.681. The quantitative estimate of drug-likeness (QED) is 0.0235. The van der Waals surface area contributed by atoms with Gasteiger partial charge in [-0.3, -0.25) is 57.5 Å². The maximum absolute atomic E-state index is 12.5. The molecule has 132 heavy (non-hydrogen) atoms. The number of hydrogen-bond acceptors (Lipinski definition) is 28. The summed E-state index contributed by atoms with van der Waals surface area (Å²) in [5.74, 6) is -5.92. The zero-order chi connectivity index (χ0) is 96.8. The highest BCUT2D eigenvalue weighted by Crippen LogP contribution is 2.20. The second kappa shape index (κ2) is 78.6. The number of ketones is 6. The molecule has 0 aliphatic carbocycles. The first-order chi connectivity index (χ1) is 63.7. The molecule has 1 aromatic heterocycles. The second-order valence-electron chi connectivity index (χ2n) is 32.0. The third kappa shape index (κ3) is 66.5. The van der Waals surface area contributed by atoms with Gasteiger partial charge in [0.05, 0.1) is 115 Å². The lowest BCUT2D eigenvalue weighted by molar-refractivity contribution is -0.144. The molecule has 0 unspecified atom stereocenters. The third-order valence-corrected chi connectivity index (χ3v) is 20.8. The van der Waals surface area contributed by atoms with Crippen LogP contribution < -0.4 is 41.4 Å². The number of aliphatic hydroxyl groups excluding tert-OH is 1. The Morgan fingerprint density at radius 3 is 1.28 bits per heavy atom. The van der Waals surface area contributed by atoms with Crippen molar-refractivity contribution in [3.05, 3.63) is 77.9 Å². The van der Waals surface area contributed by atoms with Crippen LogP contribution in [0.1, 0.15) is 256 Å². The Morgan fingerprint density at radius 1 is 0.379 bits per heavy atom. The van der Waals surface area contributed by atoms with Crippen molar-refractivity contribution in [1.82, 2.24) is 41.9 Å². The molecule has 0 aliphatic heterocycles. The molecule has 0 saturated carbocycles. The van der Waals surface area contributed by atoms with Gasteiger partial charge in [-0.1, -0.05) is 77.6 Å². The number of nitrogens with one attached hydrogen (secondary N) is 7. The number of amides is 5. The fourth-order valence-electron chi connectivity index (χ4n) is 13.1. The van der Waals surface area contributed by atoms with Crippen LogP contribution in [0.5, 0.6) is 11.5 Å². The second-order valence-corrected chi connectivity index (χ2v) is 32.0. The van der Waals surface area contributed by atoms with Crippen molar-refractivity contribution in [2.75, 3.05) is 152 Å². The number of unbranched alkanes of at least 4 members (excludes halogenated alkanes) is 14. The van der Waals surface area contributed by atoms with E-state index in [9.17, 15) is 87.2 Å². The number of aromatic carboxylic acids is 2. The largest absolute Gasteiger partial charge is 0.494 e. The van der Waals surface area contributed by atoms with Gasteiger partial charge in [-0.25, -0.2) is 19.4 Å². The van der Waals surface area contributed by atoms with Crippen LogP contribution in [-0.2, 0) is 107 Å². The number of hydrogen-bond donors (Lipinski definition) is 12. The molecular weight excluding hydrogens is 1720 g/mol. The molecular formula is C94H152N8O30. The zero-order valence-electron chi connectivity index (χ0n) is 77.6. The number of aromatic nitrogens is 2. The molecule has 3 rings (SSSR count). The smallest absolute Gasteiger partial charge is 0.335 e. The molecule has 0 fully saturated rings. The highest BCUT2D eigenvalue weighted by Gasteiger charge is 2.25. The van der Waals surface area contributed by atoms with Crippen LogP contribution in [0.25, 0.3) is 0 Å². The molecule has 1 heterocycles. The highest BCUT2D eigenvalue weighted by atomic mass is 16.5. The summed E-state index contributed by atoms with van der Waals surface area (Å²) in [6, 6.07) is 10.9. The summed E-state index contributed by atoms with van der Waals surface area (Å²) < 4.78 is 54.3. The number of benzene rings is 2. The number of carbonyl (C=O) groups is 15. The van der Waals surface area contributed by atoms with Gasteiger partial charge in [0.1, 0.15) is 73.2 Å². The van der Waals surface area contributed by atoms with Gasteiger partial charge >= 0.3 is 23.9 Å². The van der Waals surface area contributed by atoms with Crippen LogP contribution in [0.3, 0.4) is 0 Å². The highest BCUT2D eigenvalue weighted by molar-refractivity contribution is 5.89. The number of aromatic amines is 1. The minimum Gasteiger partial charge on any atom is -0.494 e. The molecule has 5 amide bonds. The molecule has 38 nitrogen and oxygen atoms in total. The molecule has 2 aromatic carbocycles. The van der Waals surface area contributed by atoms with Gasteiger partial charge in [-0.2, -0.15) is 0 Å². The molecule has 0 radical (unpaired) electrons. The normalized spacial score (nSPS) is 12.2. The first-order valence-electron chi connectivity index (χ1n) is 46.5. The van der Waals surface area contributed by atoms with Crippen LogP contribution in [0, 0.1) is 11.8 Å². The van der Waals surface area contributed by atoms with Crippen molar-refractivity contribution in [2.24, 2.45) is 11.8 Å². The van der Waals surface area contributed by atoms with Gasteiger partial charge in [-0.15, -0.1) is 0 Å². The van der Waals surface area contributed by atoms with E-state index in [4.69, 9.17) is 57.6 Å². The number of rotatable bonds is 88. The molecule has 0 spiro atoms. The van der Waals surface area contributed by atoms with Gasteiger partial charge in [-0.05, 0) is 152 Å². The molecule has 38 heteroatoms. The summed E-state index contributed by atoms with van der Waals surface area (Å²) in [7, 11) is 0. The number of aliphatic carboxylic acids is 2.